The van der Waals surface area contributed by atoms with Gasteiger partial charge in [0.2, 0.25) is 0 Å². The lowest BCUT2D eigenvalue weighted by Crippen LogP contribution is -2.40. The number of carbonyl (C=O) groups excluding carboxylic acids is 1. The van der Waals surface area contributed by atoms with E-state index in [1.807, 2.05) is 30.1 Å². The van der Waals surface area contributed by atoms with Crippen molar-refractivity contribution < 1.29 is 4.79 Å². The number of hydrogen-bond acceptors (Lipinski definition) is 3. The zero-order chi connectivity index (χ0) is 15.2. The number of nitrogens with one attached hydrogen (secondary N) is 1. The van der Waals surface area contributed by atoms with Crippen LogP contribution in [0.5, 0.6) is 0 Å². The predicted octanol–water partition coefficient (Wildman–Crippen LogP) is 3.95. The van der Waals surface area contributed by atoms with Crippen molar-refractivity contribution in [3.05, 3.63) is 28.8 Å². The summed E-state index contributed by atoms with van der Waals surface area (Å²) in [6.45, 7) is 4.81. The van der Waals surface area contributed by atoms with Gasteiger partial charge in [0.25, 0.3) is 5.91 Å². The number of thioether (sulfide) groups is 1. The first-order chi connectivity index (χ1) is 10.2. The minimum atomic E-state index is 0. The lowest BCUT2D eigenvalue weighted by molar-refractivity contribution is 0.0687. The zero-order valence-electron chi connectivity index (χ0n) is 13.1. The average molecular weight is 363 g/mol. The molecule has 1 saturated heterocycles. The van der Waals surface area contributed by atoms with E-state index in [2.05, 4.69) is 12.2 Å². The van der Waals surface area contributed by atoms with Gasteiger partial charge in [0, 0.05) is 23.0 Å². The monoisotopic (exact) mass is 362 g/mol. The number of likely N-dealkylation sites (tertiary alicyclic amines) is 1. The van der Waals surface area contributed by atoms with Crippen molar-refractivity contribution >= 4 is 41.7 Å². The Balaban J connectivity index is 0.00000242. The molecule has 1 aromatic carbocycles. The van der Waals surface area contributed by atoms with Crippen molar-refractivity contribution in [2.75, 3.05) is 32.4 Å². The van der Waals surface area contributed by atoms with E-state index in [1.54, 1.807) is 11.8 Å². The lowest BCUT2D eigenvalue weighted by atomic mass is 9.96. The summed E-state index contributed by atoms with van der Waals surface area (Å²) >= 11 is 7.77. The molecule has 1 fully saturated rings. The fraction of sp³-hybridized carbons (Fsp3) is 0.562. The molecule has 22 heavy (non-hydrogen) atoms. The topological polar surface area (TPSA) is 32.3 Å². The van der Waals surface area contributed by atoms with Crippen LogP contribution in [0.3, 0.4) is 0 Å². The molecule has 1 N–H and O–H groups in total. The number of carbonyl (C=O) groups is 1. The average Bonchev–Trinajstić information content (AvgIpc) is 2.50. The molecule has 124 valence electrons. The van der Waals surface area contributed by atoms with Gasteiger partial charge in [-0.25, -0.2) is 0 Å². The molecule has 1 amide bonds. The van der Waals surface area contributed by atoms with E-state index in [0.717, 1.165) is 48.7 Å². The van der Waals surface area contributed by atoms with Gasteiger partial charge in [-0.05, 0) is 56.3 Å². The van der Waals surface area contributed by atoms with Crippen molar-refractivity contribution in [3.8, 4) is 0 Å². The largest absolute Gasteiger partial charge is 0.339 e. The maximum absolute atomic E-state index is 12.8. The first kappa shape index (κ1) is 19.6. The molecule has 2 rings (SSSR count). The molecule has 1 heterocycles. The molecule has 0 atom stereocenters. The molecule has 0 aromatic heterocycles. The summed E-state index contributed by atoms with van der Waals surface area (Å²) in [7, 11) is 1.98. The lowest BCUT2D eigenvalue weighted by Gasteiger charge is -2.32. The Morgan fingerprint density at radius 1 is 1.41 bits per heavy atom. The van der Waals surface area contributed by atoms with Gasteiger partial charge in [-0.2, -0.15) is 0 Å². The highest BCUT2D eigenvalue weighted by Gasteiger charge is 2.24. The van der Waals surface area contributed by atoms with E-state index >= 15 is 0 Å². The summed E-state index contributed by atoms with van der Waals surface area (Å²) in [5.74, 6) is 1.76. The van der Waals surface area contributed by atoms with E-state index in [9.17, 15) is 4.79 Å². The second kappa shape index (κ2) is 9.66. The number of benzene rings is 1. The van der Waals surface area contributed by atoms with Crippen LogP contribution in [-0.4, -0.2) is 43.2 Å². The van der Waals surface area contributed by atoms with E-state index in [1.165, 1.54) is 0 Å². The number of rotatable bonds is 5. The highest BCUT2D eigenvalue weighted by Crippen LogP contribution is 2.28. The van der Waals surface area contributed by atoms with Crippen LogP contribution in [0.15, 0.2) is 23.1 Å². The van der Waals surface area contributed by atoms with Crippen LogP contribution in [-0.2, 0) is 0 Å². The summed E-state index contributed by atoms with van der Waals surface area (Å²) in [5, 5.41) is 3.85. The number of amides is 1. The van der Waals surface area contributed by atoms with Gasteiger partial charge < -0.3 is 10.2 Å². The van der Waals surface area contributed by atoms with Gasteiger partial charge in [0.15, 0.2) is 0 Å². The Hall–Kier alpha value is -0.420. The van der Waals surface area contributed by atoms with E-state index in [0.29, 0.717) is 10.9 Å². The Kier molecular flexibility index (Phi) is 8.62. The third kappa shape index (κ3) is 5.05. The maximum Gasteiger partial charge on any atom is 0.255 e. The molecule has 0 unspecified atom stereocenters. The Labute approximate surface area is 148 Å². The Bertz CT molecular complexity index is 491. The zero-order valence-corrected chi connectivity index (χ0v) is 15.5. The normalized spacial score (nSPS) is 15.5. The number of piperidine rings is 1. The third-order valence-corrected chi connectivity index (χ3v) is 5.06. The van der Waals surface area contributed by atoms with Gasteiger partial charge in [0.05, 0.1) is 5.56 Å². The van der Waals surface area contributed by atoms with Gasteiger partial charge >= 0.3 is 0 Å². The highest BCUT2D eigenvalue weighted by atomic mass is 35.5. The van der Waals surface area contributed by atoms with Crippen molar-refractivity contribution in [1.29, 1.82) is 0 Å². The second-order valence-electron chi connectivity index (χ2n) is 5.37. The van der Waals surface area contributed by atoms with Crippen LogP contribution in [0, 0.1) is 5.92 Å². The Morgan fingerprint density at radius 2 is 2.09 bits per heavy atom. The molecule has 3 nitrogen and oxygen atoms in total. The van der Waals surface area contributed by atoms with Crippen LogP contribution >= 0.6 is 35.8 Å². The fourth-order valence-corrected chi connectivity index (χ4v) is 3.70. The third-order valence-electron chi connectivity index (χ3n) is 3.87. The summed E-state index contributed by atoms with van der Waals surface area (Å²) in [6, 6.07) is 5.62. The second-order valence-corrected chi connectivity index (χ2v) is 7.11. The van der Waals surface area contributed by atoms with E-state index in [4.69, 9.17) is 11.6 Å². The molecule has 0 saturated carbocycles. The molecular weight excluding hydrogens is 339 g/mol. The summed E-state index contributed by atoms with van der Waals surface area (Å²) in [6.07, 6.45) is 2.15. The van der Waals surface area contributed by atoms with Gasteiger partial charge in [0.1, 0.15) is 0 Å². The molecule has 0 radical (unpaired) electrons. The van der Waals surface area contributed by atoms with Gasteiger partial charge in [-0.3, -0.25) is 4.79 Å². The Morgan fingerprint density at radius 3 is 2.68 bits per heavy atom. The van der Waals surface area contributed by atoms with Crippen LogP contribution in [0.1, 0.15) is 30.1 Å². The standard InChI is InChI=1S/C16H23ClN2OS.ClH/c1-3-21-15-5-4-13(17)10-14(15)16(20)19-8-6-12(7-9-19)11-18-2;/h4-5,10,12,18H,3,6-9,11H2,1-2H3;1H. The SMILES string of the molecule is CCSc1ccc(Cl)cc1C(=O)N1CCC(CNC)CC1.Cl. The molecule has 0 spiro atoms. The fourth-order valence-electron chi connectivity index (χ4n) is 2.75. The molecule has 0 bridgehead atoms. The minimum absolute atomic E-state index is 0. The first-order valence-corrected chi connectivity index (χ1v) is 8.88. The molecule has 0 aliphatic carbocycles. The van der Waals surface area contributed by atoms with Crippen molar-refractivity contribution in [1.82, 2.24) is 10.2 Å². The quantitative estimate of drug-likeness (QED) is 0.804. The van der Waals surface area contributed by atoms with Gasteiger partial charge in [-0.15, -0.1) is 24.2 Å². The summed E-state index contributed by atoms with van der Waals surface area (Å²) in [4.78, 5) is 15.8. The minimum Gasteiger partial charge on any atom is -0.339 e. The van der Waals surface area contributed by atoms with Crippen molar-refractivity contribution in [2.45, 2.75) is 24.7 Å². The number of nitrogens with zero attached hydrogens (tertiary/aromatic N) is 1. The maximum atomic E-state index is 12.8. The van der Waals surface area contributed by atoms with Gasteiger partial charge in [-0.1, -0.05) is 18.5 Å². The predicted molar refractivity (Wildman–Crippen MR) is 97.7 cm³/mol. The molecule has 1 aliphatic rings. The summed E-state index contributed by atoms with van der Waals surface area (Å²) < 4.78 is 0. The highest BCUT2D eigenvalue weighted by molar-refractivity contribution is 7.99. The van der Waals surface area contributed by atoms with Crippen molar-refractivity contribution in [3.63, 3.8) is 0 Å². The van der Waals surface area contributed by atoms with Crippen molar-refractivity contribution in [2.24, 2.45) is 5.92 Å². The van der Waals surface area contributed by atoms with Crippen LogP contribution < -0.4 is 5.32 Å². The number of halogens is 2. The van der Waals surface area contributed by atoms with E-state index in [-0.39, 0.29) is 18.3 Å². The molecular formula is C16H24Cl2N2OS. The molecule has 1 aromatic rings. The molecule has 6 heteroatoms. The van der Waals surface area contributed by atoms with E-state index < -0.39 is 0 Å². The smallest absolute Gasteiger partial charge is 0.255 e. The van der Waals surface area contributed by atoms with Crippen LogP contribution in [0.4, 0.5) is 0 Å². The molecule has 1 aliphatic heterocycles. The van der Waals surface area contributed by atoms with Crippen LogP contribution in [0.2, 0.25) is 5.02 Å². The van der Waals surface area contributed by atoms with Crippen LogP contribution in [0.25, 0.3) is 0 Å². The first-order valence-electron chi connectivity index (χ1n) is 7.52. The number of hydrogen-bond donors (Lipinski definition) is 1. The summed E-state index contributed by atoms with van der Waals surface area (Å²) in [5.41, 5.74) is 0.751.